The minimum atomic E-state index is -4.65. The molecular formula is C15H11F3N2O2. The number of methoxy groups -OCH3 is 1. The van der Waals surface area contributed by atoms with Crippen molar-refractivity contribution in [1.29, 1.82) is 0 Å². The molecule has 22 heavy (non-hydrogen) atoms. The molecule has 0 aliphatic carbocycles. The van der Waals surface area contributed by atoms with Crippen LogP contribution in [0, 0.1) is 0 Å². The number of benzene rings is 1. The number of rotatable bonds is 3. The predicted molar refractivity (Wildman–Crippen MR) is 74.3 cm³/mol. The van der Waals surface area contributed by atoms with Gasteiger partial charge in [-0.1, -0.05) is 30.3 Å². The summed E-state index contributed by atoms with van der Waals surface area (Å²) in [5, 5.41) is 0. The fourth-order valence-electron chi connectivity index (χ4n) is 1.73. The summed E-state index contributed by atoms with van der Waals surface area (Å²) in [5.41, 5.74) is -1.09. The van der Waals surface area contributed by atoms with E-state index < -0.39 is 17.9 Å². The van der Waals surface area contributed by atoms with Crippen molar-refractivity contribution >= 4 is 17.5 Å². The highest BCUT2D eigenvalue weighted by Crippen LogP contribution is 2.25. The summed E-state index contributed by atoms with van der Waals surface area (Å²) in [5.74, 6) is -0.897. The minimum Gasteiger partial charge on any atom is -0.465 e. The van der Waals surface area contributed by atoms with E-state index in [1.807, 2.05) is 0 Å². The maximum Gasteiger partial charge on any atom is 0.434 e. The van der Waals surface area contributed by atoms with Crippen LogP contribution in [-0.4, -0.2) is 30.0 Å². The number of alkyl halides is 3. The SMILES string of the molecule is COC(=O)c1ccnc(N=C(c2ccccc2)C(F)(F)F)c1. The molecule has 0 spiro atoms. The molecule has 2 aromatic rings. The third kappa shape index (κ3) is 3.69. The van der Waals surface area contributed by atoms with E-state index in [1.54, 1.807) is 6.07 Å². The summed E-state index contributed by atoms with van der Waals surface area (Å²) >= 11 is 0. The van der Waals surface area contributed by atoms with E-state index in [0.29, 0.717) is 0 Å². The van der Waals surface area contributed by atoms with Crippen molar-refractivity contribution in [1.82, 2.24) is 4.98 Å². The fraction of sp³-hybridized carbons (Fsp3) is 0.133. The van der Waals surface area contributed by atoms with Crippen LogP contribution in [0.4, 0.5) is 19.0 Å². The van der Waals surface area contributed by atoms with Gasteiger partial charge in [0.25, 0.3) is 0 Å². The van der Waals surface area contributed by atoms with Gasteiger partial charge in [0.1, 0.15) is 0 Å². The van der Waals surface area contributed by atoms with Crippen LogP contribution in [0.1, 0.15) is 15.9 Å². The first-order chi connectivity index (χ1) is 10.4. The number of carbonyl (C=O) groups excluding carboxylic acids is 1. The molecule has 1 aromatic heterocycles. The lowest BCUT2D eigenvalue weighted by Crippen LogP contribution is -2.23. The molecule has 7 heteroatoms. The van der Waals surface area contributed by atoms with Gasteiger partial charge < -0.3 is 4.74 Å². The van der Waals surface area contributed by atoms with Crippen molar-refractivity contribution in [3.63, 3.8) is 0 Å². The van der Waals surface area contributed by atoms with Crippen LogP contribution in [0.5, 0.6) is 0 Å². The Morgan fingerprint density at radius 1 is 1.14 bits per heavy atom. The lowest BCUT2D eigenvalue weighted by atomic mass is 10.1. The number of hydrogen-bond donors (Lipinski definition) is 0. The first-order valence-corrected chi connectivity index (χ1v) is 6.17. The van der Waals surface area contributed by atoms with E-state index in [4.69, 9.17) is 0 Å². The Morgan fingerprint density at radius 3 is 2.41 bits per heavy atom. The average molecular weight is 308 g/mol. The van der Waals surface area contributed by atoms with E-state index in [2.05, 4.69) is 14.7 Å². The highest BCUT2D eigenvalue weighted by atomic mass is 19.4. The number of halogens is 3. The van der Waals surface area contributed by atoms with Crippen molar-refractivity contribution in [3.8, 4) is 0 Å². The number of nitrogens with zero attached hydrogens (tertiary/aromatic N) is 2. The number of pyridine rings is 1. The van der Waals surface area contributed by atoms with E-state index in [-0.39, 0.29) is 16.9 Å². The zero-order valence-electron chi connectivity index (χ0n) is 11.5. The molecule has 0 fully saturated rings. The molecular weight excluding hydrogens is 297 g/mol. The van der Waals surface area contributed by atoms with E-state index >= 15 is 0 Å². The number of aromatic nitrogens is 1. The van der Waals surface area contributed by atoms with Gasteiger partial charge in [-0.05, 0) is 12.1 Å². The Hall–Kier alpha value is -2.70. The number of carbonyl (C=O) groups is 1. The first kappa shape index (κ1) is 15.7. The molecule has 0 radical (unpaired) electrons. The Balaban J connectivity index is 2.49. The summed E-state index contributed by atoms with van der Waals surface area (Å²) in [6, 6.07) is 9.64. The molecule has 0 N–H and O–H groups in total. The molecule has 0 aliphatic heterocycles. The summed E-state index contributed by atoms with van der Waals surface area (Å²) in [6.45, 7) is 0. The van der Waals surface area contributed by atoms with Gasteiger partial charge in [0.05, 0.1) is 12.7 Å². The zero-order chi connectivity index (χ0) is 16.2. The summed E-state index contributed by atoms with van der Waals surface area (Å²) in [7, 11) is 1.18. The topological polar surface area (TPSA) is 51.5 Å². The van der Waals surface area contributed by atoms with E-state index in [9.17, 15) is 18.0 Å². The van der Waals surface area contributed by atoms with Crippen molar-refractivity contribution in [3.05, 3.63) is 59.8 Å². The van der Waals surface area contributed by atoms with Crippen LogP contribution in [0.2, 0.25) is 0 Å². The van der Waals surface area contributed by atoms with Crippen LogP contribution in [0.15, 0.2) is 53.7 Å². The van der Waals surface area contributed by atoms with E-state index in [1.165, 1.54) is 43.6 Å². The molecule has 4 nitrogen and oxygen atoms in total. The molecule has 114 valence electrons. The highest BCUT2D eigenvalue weighted by Gasteiger charge is 2.36. The normalized spacial score (nSPS) is 12.1. The van der Waals surface area contributed by atoms with Crippen LogP contribution in [-0.2, 0) is 4.74 Å². The van der Waals surface area contributed by atoms with Gasteiger partial charge in [0.15, 0.2) is 11.5 Å². The van der Waals surface area contributed by atoms with Crippen molar-refractivity contribution in [2.75, 3.05) is 7.11 Å². The first-order valence-electron chi connectivity index (χ1n) is 6.17. The monoisotopic (exact) mass is 308 g/mol. The molecule has 0 aliphatic rings. The van der Waals surface area contributed by atoms with Crippen LogP contribution < -0.4 is 0 Å². The third-order valence-electron chi connectivity index (χ3n) is 2.71. The second-order valence-corrected chi connectivity index (χ2v) is 4.22. The Kier molecular flexibility index (Phi) is 4.55. The smallest absolute Gasteiger partial charge is 0.434 e. The summed E-state index contributed by atoms with van der Waals surface area (Å²) in [6.07, 6.45) is -3.45. The molecule has 0 unspecified atom stereocenters. The van der Waals surface area contributed by atoms with Gasteiger partial charge in [-0.25, -0.2) is 14.8 Å². The standard InChI is InChI=1S/C15H11F3N2O2/c1-22-14(21)11-7-8-19-12(9-11)20-13(15(16,17)18)10-5-3-2-4-6-10/h2-9H,1H3. The lowest BCUT2D eigenvalue weighted by Gasteiger charge is -2.10. The van der Waals surface area contributed by atoms with Crippen molar-refractivity contribution < 1.29 is 22.7 Å². The molecule has 0 saturated carbocycles. The van der Waals surface area contributed by atoms with Crippen LogP contribution in [0.25, 0.3) is 0 Å². The maximum atomic E-state index is 13.2. The fourth-order valence-corrected chi connectivity index (χ4v) is 1.73. The van der Waals surface area contributed by atoms with Gasteiger partial charge in [0, 0.05) is 11.8 Å². The maximum absolute atomic E-state index is 13.2. The van der Waals surface area contributed by atoms with Crippen molar-refractivity contribution in [2.24, 2.45) is 4.99 Å². The Morgan fingerprint density at radius 2 is 1.82 bits per heavy atom. The zero-order valence-corrected chi connectivity index (χ0v) is 11.5. The second-order valence-electron chi connectivity index (χ2n) is 4.22. The number of esters is 1. The largest absolute Gasteiger partial charge is 0.465 e. The molecule has 0 bridgehead atoms. The number of hydrogen-bond acceptors (Lipinski definition) is 4. The molecule has 1 aromatic carbocycles. The third-order valence-corrected chi connectivity index (χ3v) is 2.71. The van der Waals surface area contributed by atoms with Crippen molar-refractivity contribution in [2.45, 2.75) is 6.18 Å². The molecule has 2 rings (SSSR count). The Labute approximate surface area is 124 Å². The highest BCUT2D eigenvalue weighted by molar-refractivity contribution is 6.05. The van der Waals surface area contributed by atoms with Gasteiger partial charge >= 0.3 is 12.1 Å². The minimum absolute atomic E-state index is 0.0748. The van der Waals surface area contributed by atoms with Gasteiger partial charge in [-0.2, -0.15) is 13.2 Å². The van der Waals surface area contributed by atoms with Gasteiger partial charge in [-0.3, -0.25) is 0 Å². The molecule has 0 saturated heterocycles. The predicted octanol–water partition coefficient (Wildman–Crippen LogP) is 3.55. The molecule has 0 amide bonds. The van der Waals surface area contributed by atoms with Crippen LogP contribution >= 0.6 is 0 Å². The average Bonchev–Trinajstić information content (AvgIpc) is 2.52. The summed E-state index contributed by atoms with van der Waals surface area (Å²) in [4.78, 5) is 18.7. The lowest BCUT2D eigenvalue weighted by molar-refractivity contribution is -0.0580. The molecule has 1 heterocycles. The van der Waals surface area contributed by atoms with Gasteiger partial charge in [-0.15, -0.1) is 0 Å². The van der Waals surface area contributed by atoms with E-state index in [0.717, 1.165) is 6.07 Å². The number of aliphatic imine (C=N–C) groups is 1. The summed E-state index contributed by atoms with van der Waals surface area (Å²) < 4.78 is 44.0. The second kappa shape index (κ2) is 6.38. The molecule has 0 atom stereocenters. The number of ether oxygens (including phenoxy) is 1. The quantitative estimate of drug-likeness (QED) is 0.643. The van der Waals surface area contributed by atoms with Gasteiger partial charge in [0.2, 0.25) is 0 Å². The Bertz CT molecular complexity index is 697. The van der Waals surface area contributed by atoms with Crippen LogP contribution in [0.3, 0.4) is 0 Å².